The van der Waals surface area contributed by atoms with Gasteiger partial charge in [0.2, 0.25) is 6.54 Å². The number of unbranched alkanes of at least 4 members (excludes halogenated alkanes) is 5. The average molecular weight is 397 g/mol. The van der Waals surface area contributed by atoms with Gasteiger partial charge in [0.25, 0.3) is 0 Å². The lowest BCUT2D eigenvalue weighted by Gasteiger charge is -2.12. The van der Waals surface area contributed by atoms with Gasteiger partial charge in [-0.3, -0.25) is 0 Å². The van der Waals surface area contributed by atoms with Crippen LogP contribution >= 0.6 is 0 Å². The van der Waals surface area contributed by atoms with Crippen molar-refractivity contribution in [2.75, 3.05) is 19.8 Å². The fraction of sp³-hybridized carbons (Fsp3) is 0.565. The van der Waals surface area contributed by atoms with Gasteiger partial charge in [0, 0.05) is 12.8 Å². The van der Waals surface area contributed by atoms with Crippen molar-refractivity contribution in [1.82, 2.24) is 0 Å². The second-order valence-electron chi connectivity index (χ2n) is 7.77. The highest BCUT2D eigenvalue weighted by Gasteiger charge is 2.10. The normalized spacial score (nSPS) is 10.3. The van der Waals surface area contributed by atoms with Crippen molar-refractivity contribution < 1.29 is 9.47 Å². The van der Waals surface area contributed by atoms with Gasteiger partial charge in [0.1, 0.15) is 19.6 Å². The fourth-order valence-corrected chi connectivity index (χ4v) is 2.91. The van der Waals surface area contributed by atoms with Crippen molar-refractivity contribution in [2.45, 2.75) is 64.6 Å². The summed E-state index contributed by atoms with van der Waals surface area (Å²) in [5, 5.41) is 8.59. The van der Waals surface area contributed by atoms with Crippen LogP contribution in [-0.2, 0) is 0 Å². The van der Waals surface area contributed by atoms with Crippen LogP contribution in [0.3, 0.4) is 0 Å². The van der Waals surface area contributed by atoms with Gasteiger partial charge in [0.05, 0.1) is 24.8 Å². The molecule has 0 spiro atoms. The van der Waals surface area contributed by atoms with Crippen LogP contribution in [0.15, 0.2) is 18.2 Å². The van der Waals surface area contributed by atoms with Crippen LogP contribution in [-0.4, -0.2) is 27.8 Å². The number of hydrogen-bond donors (Lipinski definition) is 0. The minimum atomic E-state index is -1.49. The van der Waals surface area contributed by atoms with Crippen LogP contribution in [0.5, 0.6) is 11.5 Å². The van der Waals surface area contributed by atoms with E-state index in [-0.39, 0.29) is 0 Å². The second-order valence-corrected chi connectivity index (χ2v) is 12.5. The lowest BCUT2D eigenvalue weighted by molar-refractivity contribution is 0.297. The maximum Gasteiger partial charge on any atom is 0.214 e. The van der Waals surface area contributed by atoms with Crippen LogP contribution in [0.2, 0.25) is 19.6 Å². The zero-order chi connectivity index (χ0) is 20.7. The first-order chi connectivity index (χ1) is 13.5. The van der Waals surface area contributed by atoms with Crippen molar-refractivity contribution >= 4 is 8.07 Å². The number of nitriles is 1. The van der Waals surface area contributed by atoms with E-state index in [2.05, 4.69) is 42.0 Å². The number of benzene rings is 1. The first kappa shape index (κ1) is 23.6. The van der Waals surface area contributed by atoms with E-state index < -0.39 is 8.07 Å². The van der Waals surface area contributed by atoms with Crippen molar-refractivity contribution in [2.24, 2.45) is 0 Å². The van der Waals surface area contributed by atoms with Gasteiger partial charge in [-0.2, -0.15) is 5.26 Å². The molecule has 1 rings (SSSR count). The maximum atomic E-state index is 8.59. The minimum absolute atomic E-state index is 0.596. The Kier molecular flexibility index (Phi) is 11.6. The van der Waals surface area contributed by atoms with Crippen LogP contribution in [0.4, 0.5) is 0 Å². The van der Waals surface area contributed by atoms with E-state index in [1.165, 1.54) is 0 Å². The zero-order valence-electron chi connectivity index (χ0n) is 17.5. The molecule has 0 aromatic heterocycles. The molecule has 5 heteroatoms. The predicted octanol–water partition coefficient (Wildman–Crippen LogP) is 5.85. The summed E-state index contributed by atoms with van der Waals surface area (Å²) in [5.74, 6) is 4.92. The molecule has 28 heavy (non-hydrogen) atoms. The van der Waals surface area contributed by atoms with Gasteiger partial charge in [-0.25, -0.2) is 6.57 Å². The molecule has 0 amide bonds. The van der Waals surface area contributed by atoms with Gasteiger partial charge in [-0.15, -0.1) is 5.54 Å². The molecule has 0 heterocycles. The lowest BCUT2D eigenvalue weighted by atomic mass is 10.2. The van der Waals surface area contributed by atoms with E-state index in [1.807, 2.05) is 18.2 Å². The molecule has 4 nitrogen and oxygen atoms in total. The fourth-order valence-electron chi connectivity index (χ4n) is 2.40. The van der Waals surface area contributed by atoms with Gasteiger partial charge in [-0.1, -0.05) is 25.6 Å². The molecule has 0 atom stereocenters. The third-order valence-electron chi connectivity index (χ3n) is 3.90. The Labute approximate surface area is 171 Å². The highest BCUT2D eigenvalue weighted by molar-refractivity contribution is 6.83. The number of ether oxygens (including phenoxy) is 2. The molecular formula is C23H32N2O2Si. The summed E-state index contributed by atoms with van der Waals surface area (Å²) in [6, 6.07) is 8.02. The van der Waals surface area contributed by atoms with Gasteiger partial charge in [-0.05, 0) is 50.3 Å². The molecule has 0 fully saturated rings. The largest absolute Gasteiger partial charge is 0.494 e. The van der Waals surface area contributed by atoms with Crippen molar-refractivity contribution in [3.05, 3.63) is 35.2 Å². The zero-order valence-corrected chi connectivity index (χ0v) is 18.5. The molecule has 150 valence electrons. The van der Waals surface area contributed by atoms with Crippen LogP contribution in [0, 0.1) is 29.4 Å². The molecule has 1 aromatic rings. The van der Waals surface area contributed by atoms with E-state index in [1.54, 1.807) is 0 Å². The first-order valence-electron chi connectivity index (χ1n) is 10.1. The highest BCUT2D eigenvalue weighted by atomic mass is 28.3. The summed E-state index contributed by atoms with van der Waals surface area (Å²) in [4.78, 5) is 3.37. The standard InChI is InChI=1S/C23H32N2O2Si/c1-25-16-9-7-11-17-26-22-12-13-23(27-18-10-6-5-8-15-24)21(20-22)14-19-28(2,3)4/h12-13,20H,5-11,16-18H2,2-4H3. The molecule has 0 aliphatic rings. The Morgan fingerprint density at radius 3 is 2.39 bits per heavy atom. The Hall–Kier alpha value is -2.42. The lowest BCUT2D eigenvalue weighted by Crippen LogP contribution is -2.16. The van der Waals surface area contributed by atoms with Crippen molar-refractivity contribution in [1.29, 1.82) is 5.26 Å². The van der Waals surface area contributed by atoms with Gasteiger partial charge < -0.3 is 14.3 Å². The highest BCUT2D eigenvalue weighted by Crippen LogP contribution is 2.24. The smallest absolute Gasteiger partial charge is 0.214 e. The molecule has 1 aromatic carbocycles. The maximum absolute atomic E-state index is 8.59. The second kappa shape index (κ2) is 13.7. The third-order valence-corrected chi connectivity index (χ3v) is 4.77. The van der Waals surface area contributed by atoms with Gasteiger partial charge >= 0.3 is 0 Å². The van der Waals surface area contributed by atoms with Crippen LogP contribution in [0.25, 0.3) is 4.85 Å². The number of rotatable bonds is 12. The van der Waals surface area contributed by atoms with Gasteiger partial charge in [0.15, 0.2) is 0 Å². The molecule has 0 aliphatic carbocycles. The Bertz CT molecular complexity index is 730. The molecular weight excluding hydrogens is 364 g/mol. The summed E-state index contributed by atoms with van der Waals surface area (Å²) >= 11 is 0. The topological polar surface area (TPSA) is 46.6 Å². The summed E-state index contributed by atoms with van der Waals surface area (Å²) in [7, 11) is -1.49. The van der Waals surface area contributed by atoms with E-state index >= 15 is 0 Å². The van der Waals surface area contributed by atoms with E-state index in [4.69, 9.17) is 21.3 Å². The summed E-state index contributed by atoms with van der Waals surface area (Å²) in [5.41, 5.74) is 4.28. The average Bonchev–Trinajstić information content (AvgIpc) is 2.66. The van der Waals surface area contributed by atoms with E-state index in [9.17, 15) is 0 Å². The summed E-state index contributed by atoms with van der Waals surface area (Å²) in [6.07, 6.45) is 6.36. The predicted molar refractivity (Wildman–Crippen MR) is 117 cm³/mol. The Morgan fingerprint density at radius 1 is 1.00 bits per heavy atom. The third kappa shape index (κ3) is 11.3. The number of hydrogen-bond acceptors (Lipinski definition) is 3. The molecule has 0 radical (unpaired) electrons. The SMILES string of the molecule is [C-]#[N+]CCCCCOc1ccc(OCCCCCC#N)c(C#C[Si](C)(C)C)c1. The monoisotopic (exact) mass is 396 g/mol. The number of nitrogens with zero attached hydrogens (tertiary/aromatic N) is 2. The Balaban J connectivity index is 2.67. The molecule has 0 bridgehead atoms. The van der Waals surface area contributed by atoms with E-state index in [0.29, 0.717) is 26.2 Å². The quantitative estimate of drug-likeness (QED) is 0.193. The first-order valence-corrected chi connectivity index (χ1v) is 13.6. The van der Waals surface area contributed by atoms with Crippen LogP contribution < -0.4 is 9.47 Å². The summed E-state index contributed by atoms with van der Waals surface area (Å²) < 4.78 is 11.8. The van der Waals surface area contributed by atoms with Crippen LogP contribution in [0.1, 0.15) is 50.5 Å². The van der Waals surface area contributed by atoms with Crippen molar-refractivity contribution in [3.63, 3.8) is 0 Å². The molecule has 0 N–H and O–H groups in total. The minimum Gasteiger partial charge on any atom is -0.494 e. The summed E-state index contributed by atoms with van der Waals surface area (Å²) in [6.45, 7) is 15.3. The molecule has 0 aliphatic heterocycles. The van der Waals surface area contributed by atoms with Crippen molar-refractivity contribution in [3.8, 4) is 29.0 Å². The molecule has 0 saturated heterocycles. The molecule has 0 unspecified atom stereocenters. The Morgan fingerprint density at radius 2 is 1.71 bits per heavy atom. The van der Waals surface area contributed by atoms with E-state index in [0.717, 1.165) is 55.6 Å². The molecule has 0 saturated carbocycles.